The molecule has 5 heteroatoms. The second-order valence-electron chi connectivity index (χ2n) is 5.11. The molecule has 0 aliphatic carbocycles. The summed E-state index contributed by atoms with van der Waals surface area (Å²) in [6.45, 7) is 4.52. The summed E-state index contributed by atoms with van der Waals surface area (Å²) in [5.74, 6) is 0. The summed E-state index contributed by atoms with van der Waals surface area (Å²) in [5, 5.41) is 7.76. The van der Waals surface area contributed by atoms with E-state index < -0.39 is 0 Å². The fourth-order valence-corrected chi connectivity index (χ4v) is 2.12. The minimum absolute atomic E-state index is 0.758. The molecule has 1 heterocycles. The number of methoxy groups -OCH3 is 1. The van der Waals surface area contributed by atoms with Crippen LogP contribution in [0.2, 0.25) is 0 Å². The number of nitrogens with zero attached hydrogens (tertiary/aromatic N) is 3. The van der Waals surface area contributed by atoms with E-state index in [4.69, 9.17) is 4.74 Å². The average molecular weight is 288 g/mol. The lowest BCUT2D eigenvalue weighted by Gasteiger charge is -2.15. The number of aromatic nitrogens is 2. The zero-order valence-electron chi connectivity index (χ0n) is 12.8. The first-order chi connectivity index (χ1) is 10.3. The van der Waals surface area contributed by atoms with Crippen molar-refractivity contribution < 1.29 is 4.74 Å². The highest BCUT2D eigenvalue weighted by molar-refractivity contribution is 5.30. The van der Waals surface area contributed by atoms with Crippen molar-refractivity contribution in [3.8, 4) is 5.69 Å². The van der Waals surface area contributed by atoms with E-state index >= 15 is 0 Å². The van der Waals surface area contributed by atoms with Gasteiger partial charge in [0, 0.05) is 45.0 Å². The fraction of sp³-hybridized carbons (Fsp3) is 0.438. The minimum Gasteiger partial charge on any atom is -0.383 e. The summed E-state index contributed by atoms with van der Waals surface area (Å²) in [6, 6.07) is 10.2. The van der Waals surface area contributed by atoms with Crippen LogP contribution in [0, 0.1) is 0 Å². The highest BCUT2D eigenvalue weighted by atomic mass is 16.5. The molecule has 1 aromatic carbocycles. The maximum Gasteiger partial charge on any atom is 0.0645 e. The van der Waals surface area contributed by atoms with Gasteiger partial charge < -0.3 is 15.0 Å². The van der Waals surface area contributed by atoms with E-state index in [0.29, 0.717) is 0 Å². The number of hydrogen-bond donors (Lipinski definition) is 1. The van der Waals surface area contributed by atoms with Gasteiger partial charge in [-0.15, -0.1) is 0 Å². The van der Waals surface area contributed by atoms with Crippen LogP contribution in [0.3, 0.4) is 0 Å². The number of nitrogens with one attached hydrogen (secondary N) is 1. The number of rotatable bonds is 9. The maximum absolute atomic E-state index is 5.00. The Morgan fingerprint density at radius 3 is 2.81 bits per heavy atom. The van der Waals surface area contributed by atoms with Crippen LogP contribution >= 0.6 is 0 Å². The predicted octanol–water partition coefficient (Wildman–Crippen LogP) is 1.54. The Bertz CT molecular complexity index is 512. The molecule has 1 N–H and O–H groups in total. The zero-order valence-corrected chi connectivity index (χ0v) is 12.8. The summed E-state index contributed by atoms with van der Waals surface area (Å²) >= 11 is 0. The molecule has 0 radical (unpaired) electrons. The molecule has 114 valence electrons. The van der Waals surface area contributed by atoms with Crippen LogP contribution in [0.4, 0.5) is 0 Å². The van der Waals surface area contributed by atoms with Gasteiger partial charge in [0.15, 0.2) is 0 Å². The lowest BCUT2D eigenvalue weighted by atomic mass is 10.3. The Hall–Kier alpha value is -1.69. The van der Waals surface area contributed by atoms with E-state index in [0.717, 1.165) is 38.5 Å². The van der Waals surface area contributed by atoms with Crippen LogP contribution < -0.4 is 5.32 Å². The third-order valence-electron chi connectivity index (χ3n) is 3.26. The third-order valence-corrected chi connectivity index (χ3v) is 3.26. The number of para-hydroxylation sites is 1. The molecule has 0 bridgehead atoms. The monoisotopic (exact) mass is 288 g/mol. The van der Waals surface area contributed by atoms with Crippen molar-refractivity contribution in [2.45, 2.75) is 6.54 Å². The van der Waals surface area contributed by atoms with E-state index in [-0.39, 0.29) is 0 Å². The third kappa shape index (κ3) is 5.30. The molecule has 0 amide bonds. The van der Waals surface area contributed by atoms with Gasteiger partial charge in [-0.3, -0.25) is 0 Å². The molecule has 21 heavy (non-hydrogen) atoms. The van der Waals surface area contributed by atoms with Crippen LogP contribution in [-0.4, -0.2) is 55.1 Å². The molecule has 5 nitrogen and oxygen atoms in total. The van der Waals surface area contributed by atoms with Crippen LogP contribution in [0.1, 0.15) is 5.56 Å². The molecule has 0 fully saturated rings. The molecular weight excluding hydrogens is 264 g/mol. The lowest BCUT2D eigenvalue weighted by molar-refractivity contribution is 0.197. The van der Waals surface area contributed by atoms with Gasteiger partial charge in [0.2, 0.25) is 0 Å². The Labute approximate surface area is 126 Å². The highest BCUT2D eigenvalue weighted by Gasteiger charge is 2.04. The summed E-state index contributed by atoms with van der Waals surface area (Å²) in [5.41, 5.74) is 2.31. The SMILES string of the molecule is COCCNCCN(C)Cc1cnn(-c2ccccc2)c1. The zero-order chi connectivity index (χ0) is 14.9. The Morgan fingerprint density at radius 1 is 1.24 bits per heavy atom. The van der Waals surface area contributed by atoms with E-state index in [9.17, 15) is 0 Å². The summed E-state index contributed by atoms with van der Waals surface area (Å²) in [4.78, 5) is 2.28. The van der Waals surface area contributed by atoms with Crippen LogP contribution in [0.25, 0.3) is 5.69 Å². The van der Waals surface area contributed by atoms with Crippen molar-refractivity contribution in [2.24, 2.45) is 0 Å². The Kier molecular flexibility index (Phi) is 6.40. The van der Waals surface area contributed by atoms with Gasteiger partial charge in [-0.25, -0.2) is 4.68 Å². The van der Waals surface area contributed by atoms with Crippen molar-refractivity contribution in [3.63, 3.8) is 0 Å². The molecule has 0 saturated heterocycles. The number of likely N-dealkylation sites (N-methyl/N-ethyl adjacent to an activating group) is 1. The largest absolute Gasteiger partial charge is 0.383 e. The molecule has 0 aliphatic heterocycles. The highest BCUT2D eigenvalue weighted by Crippen LogP contribution is 2.08. The van der Waals surface area contributed by atoms with E-state index in [1.165, 1.54) is 5.56 Å². The first kappa shape index (κ1) is 15.7. The summed E-state index contributed by atoms with van der Waals surface area (Å²) < 4.78 is 6.92. The molecule has 0 unspecified atom stereocenters. The van der Waals surface area contributed by atoms with Crippen molar-refractivity contribution in [3.05, 3.63) is 48.3 Å². The normalized spacial score (nSPS) is 11.2. The maximum atomic E-state index is 5.00. The number of hydrogen-bond acceptors (Lipinski definition) is 4. The topological polar surface area (TPSA) is 42.3 Å². The van der Waals surface area contributed by atoms with Crippen molar-refractivity contribution in [1.29, 1.82) is 0 Å². The van der Waals surface area contributed by atoms with Crippen LogP contribution in [0.15, 0.2) is 42.7 Å². The lowest BCUT2D eigenvalue weighted by Crippen LogP contribution is -2.30. The van der Waals surface area contributed by atoms with Crippen LogP contribution in [0.5, 0.6) is 0 Å². The molecule has 1 aromatic heterocycles. The quantitative estimate of drug-likeness (QED) is 0.711. The Balaban J connectivity index is 1.77. The second-order valence-corrected chi connectivity index (χ2v) is 5.11. The standard InChI is InChI=1S/C16H24N4O/c1-19(10-8-17-9-11-21-2)13-15-12-18-20(14-15)16-6-4-3-5-7-16/h3-7,12,14,17H,8-11,13H2,1-2H3. The van der Waals surface area contributed by atoms with Gasteiger partial charge in [-0.2, -0.15) is 5.10 Å². The van der Waals surface area contributed by atoms with Gasteiger partial charge in [0.25, 0.3) is 0 Å². The van der Waals surface area contributed by atoms with E-state index in [1.807, 2.05) is 29.1 Å². The van der Waals surface area contributed by atoms with E-state index in [1.54, 1.807) is 7.11 Å². The van der Waals surface area contributed by atoms with Gasteiger partial charge in [-0.05, 0) is 19.2 Å². The van der Waals surface area contributed by atoms with Gasteiger partial charge in [0.05, 0.1) is 18.5 Å². The van der Waals surface area contributed by atoms with Crippen molar-refractivity contribution in [2.75, 3.05) is 40.4 Å². The number of ether oxygens (including phenoxy) is 1. The van der Waals surface area contributed by atoms with Crippen LogP contribution in [-0.2, 0) is 11.3 Å². The predicted molar refractivity (Wildman–Crippen MR) is 84.6 cm³/mol. The average Bonchev–Trinajstić information content (AvgIpc) is 2.96. The summed E-state index contributed by atoms with van der Waals surface area (Å²) in [6.07, 6.45) is 4.02. The second kappa shape index (κ2) is 8.56. The minimum atomic E-state index is 0.758. The summed E-state index contributed by atoms with van der Waals surface area (Å²) in [7, 11) is 3.84. The molecule has 0 spiro atoms. The smallest absolute Gasteiger partial charge is 0.0645 e. The van der Waals surface area contributed by atoms with Gasteiger partial charge >= 0.3 is 0 Å². The molecule has 0 saturated carbocycles. The molecule has 2 rings (SSSR count). The molecule has 0 atom stereocenters. The van der Waals surface area contributed by atoms with Gasteiger partial charge in [0.1, 0.15) is 0 Å². The Morgan fingerprint density at radius 2 is 2.05 bits per heavy atom. The fourth-order valence-electron chi connectivity index (χ4n) is 2.12. The molecule has 0 aliphatic rings. The molecular formula is C16H24N4O. The van der Waals surface area contributed by atoms with Crippen molar-refractivity contribution >= 4 is 0 Å². The van der Waals surface area contributed by atoms with Crippen molar-refractivity contribution in [1.82, 2.24) is 20.0 Å². The van der Waals surface area contributed by atoms with Gasteiger partial charge in [-0.1, -0.05) is 18.2 Å². The first-order valence-corrected chi connectivity index (χ1v) is 7.27. The first-order valence-electron chi connectivity index (χ1n) is 7.27. The molecule has 2 aromatic rings. The number of benzene rings is 1. The van der Waals surface area contributed by atoms with E-state index in [2.05, 4.69) is 40.7 Å².